The molecular weight excluding hydrogens is 356 g/mol. The Morgan fingerprint density at radius 2 is 2.26 bits per heavy atom. The van der Waals surface area contributed by atoms with Crippen LogP contribution in [0.1, 0.15) is 35.6 Å². The van der Waals surface area contributed by atoms with E-state index >= 15 is 0 Å². The van der Waals surface area contributed by atoms with Gasteiger partial charge in [0, 0.05) is 23.4 Å². The average Bonchev–Trinajstić information content (AvgIpc) is 2.99. The summed E-state index contributed by atoms with van der Waals surface area (Å²) in [5, 5.41) is 9.59. The standard InChI is InChI=1S/C18H19BrN2O2/c1-12-11-20-8-7-15(12)17(13-4-2-5-14(19)10-13)21-9-3-6-16(21)18(22)23/h2,4-5,7-8,10-11,16-17H,3,6,9H2,1H3,(H,22,23). The minimum atomic E-state index is -0.741. The summed E-state index contributed by atoms with van der Waals surface area (Å²) in [6.45, 7) is 2.81. The van der Waals surface area contributed by atoms with Gasteiger partial charge in [-0.2, -0.15) is 0 Å². The van der Waals surface area contributed by atoms with Crippen molar-refractivity contribution in [3.05, 3.63) is 63.9 Å². The first-order valence-corrected chi connectivity index (χ1v) is 8.52. The highest BCUT2D eigenvalue weighted by atomic mass is 79.9. The van der Waals surface area contributed by atoms with Crippen molar-refractivity contribution >= 4 is 21.9 Å². The van der Waals surface area contributed by atoms with Crippen molar-refractivity contribution in [1.82, 2.24) is 9.88 Å². The van der Waals surface area contributed by atoms with Crippen LogP contribution in [0.25, 0.3) is 0 Å². The van der Waals surface area contributed by atoms with E-state index in [1.54, 1.807) is 6.20 Å². The van der Waals surface area contributed by atoms with Gasteiger partial charge in [-0.3, -0.25) is 14.7 Å². The lowest BCUT2D eigenvalue weighted by atomic mass is 9.94. The van der Waals surface area contributed by atoms with Gasteiger partial charge in [-0.15, -0.1) is 0 Å². The molecule has 3 rings (SSSR count). The third kappa shape index (κ3) is 3.31. The second-order valence-electron chi connectivity index (χ2n) is 5.92. The van der Waals surface area contributed by atoms with Gasteiger partial charge in [-0.25, -0.2) is 0 Å². The van der Waals surface area contributed by atoms with Gasteiger partial charge in [-0.05, 0) is 54.7 Å². The third-order valence-corrected chi connectivity index (χ3v) is 4.93. The van der Waals surface area contributed by atoms with Crippen LogP contribution in [0.3, 0.4) is 0 Å². The molecule has 2 unspecified atom stereocenters. The van der Waals surface area contributed by atoms with Crippen molar-refractivity contribution in [3.63, 3.8) is 0 Å². The number of hydrogen-bond acceptors (Lipinski definition) is 3. The van der Waals surface area contributed by atoms with Crippen molar-refractivity contribution in [3.8, 4) is 0 Å². The zero-order valence-corrected chi connectivity index (χ0v) is 14.5. The number of rotatable bonds is 4. The Kier molecular flexibility index (Phi) is 4.78. The van der Waals surface area contributed by atoms with Crippen LogP contribution in [-0.2, 0) is 4.79 Å². The molecule has 120 valence electrons. The second kappa shape index (κ2) is 6.81. The van der Waals surface area contributed by atoms with Gasteiger partial charge < -0.3 is 5.11 Å². The lowest BCUT2D eigenvalue weighted by molar-refractivity contribution is -0.142. The zero-order valence-electron chi connectivity index (χ0n) is 12.9. The fraction of sp³-hybridized carbons (Fsp3) is 0.333. The molecule has 0 spiro atoms. The summed E-state index contributed by atoms with van der Waals surface area (Å²) in [6.07, 6.45) is 5.22. The van der Waals surface area contributed by atoms with E-state index in [9.17, 15) is 9.90 Å². The Morgan fingerprint density at radius 3 is 2.96 bits per heavy atom. The lowest BCUT2D eigenvalue weighted by Crippen LogP contribution is -2.39. The number of hydrogen-bond donors (Lipinski definition) is 1. The normalized spacial score (nSPS) is 19.7. The van der Waals surface area contributed by atoms with E-state index in [0.717, 1.165) is 34.1 Å². The van der Waals surface area contributed by atoms with Crippen LogP contribution in [0.4, 0.5) is 0 Å². The number of pyridine rings is 1. The summed E-state index contributed by atoms with van der Waals surface area (Å²) in [5.74, 6) is -0.741. The highest BCUT2D eigenvalue weighted by Crippen LogP contribution is 2.36. The number of aryl methyl sites for hydroxylation is 1. The number of nitrogens with zero attached hydrogens (tertiary/aromatic N) is 2. The number of benzene rings is 1. The van der Waals surface area contributed by atoms with Gasteiger partial charge in [0.1, 0.15) is 6.04 Å². The van der Waals surface area contributed by atoms with Crippen molar-refractivity contribution in [1.29, 1.82) is 0 Å². The van der Waals surface area contributed by atoms with E-state index in [-0.39, 0.29) is 6.04 Å². The van der Waals surface area contributed by atoms with E-state index in [0.29, 0.717) is 6.42 Å². The van der Waals surface area contributed by atoms with Gasteiger partial charge in [0.15, 0.2) is 0 Å². The summed E-state index contributed by atoms with van der Waals surface area (Å²) in [4.78, 5) is 17.9. The molecule has 0 bridgehead atoms. The molecular formula is C18H19BrN2O2. The predicted octanol–water partition coefficient (Wildman–Crippen LogP) is 3.79. The topological polar surface area (TPSA) is 53.4 Å². The molecule has 1 aliphatic rings. The summed E-state index contributed by atoms with van der Waals surface area (Å²) in [6, 6.07) is 9.60. The number of likely N-dealkylation sites (tertiary alicyclic amines) is 1. The molecule has 2 heterocycles. The molecule has 4 nitrogen and oxygen atoms in total. The first-order valence-electron chi connectivity index (χ1n) is 7.72. The first-order chi connectivity index (χ1) is 11.1. The molecule has 2 aromatic rings. The number of carboxylic acid groups (broad SMARTS) is 1. The molecule has 1 aromatic carbocycles. The summed E-state index contributed by atoms with van der Waals surface area (Å²) in [5.41, 5.74) is 3.29. The Balaban J connectivity index is 2.11. The van der Waals surface area contributed by atoms with E-state index in [2.05, 4.69) is 37.9 Å². The molecule has 0 aliphatic carbocycles. The highest BCUT2D eigenvalue weighted by molar-refractivity contribution is 9.10. The van der Waals surface area contributed by atoms with Gasteiger partial charge in [-0.1, -0.05) is 28.1 Å². The average molecular weight is 375 g/mol. The van der Waals surface area contributed by atoms with Crippen molar-refractivity contribution in [2.75, 3.05) is 6.54 Å². The molecule has 0 radical (unpaired) electrons. The number of halogens is 1. The quantitative estimate of drug-likeness (QED) is 0.884. The summed E-state index contributed by atoms with van der Waals surface area (Å²) < 4.78 is 0.998. The molecule has 1 saturated heterocycles. The van der Waals surface area contributed by atoms with Crippen LogP contribution in [0, 0.1) is 6.92 Å². The summed E-state index contributed by atoms with van der Waals surface area (Å²) >= 11 is 3.53. The zero-order chi connectivity index (χ0) is 16.4. The van der Waals surface area contributed by atoms with Gasteiger partial charge in [0.05, 0.1) is 6.04 Å². The first kappa shape index (κ1) is 16.1. The predicted molar refractivity (Wildman–Crippen MR) is 92.3 cm³/mol. The van der Waals surface area contributed by atoms with E-state index in [1.165, 1.54) is 0 Å². The van der Waals surface area contributed by atoms with Crippen molar-refractivity contribution < 1.29 is 9.90 Å². The third-order valence-electron chi connectivity index (χ3n) is 4.43. The van der Waals surface area contributed by atoms with Crippen molar-refractivity contribution in [2.24, 2.45) is 0 Å². The second-order valence-corrected chi connectivity index (χ2v) is 6.84. The molecule has 2 atom stereocenters. The van der Waals surface area contributed by atoms with E-state index < -0.39 is 12.0 Å². The van der Waals surface area contributed by atoms with E-state index in [4.69, 9.17) is 0 Å². The highest BCUT2D eigenvalue weighted by Gasteiger charge is 2.37. The Labute approximate surface area is 144 Å². The fourth-order valence-corrected chi connectivity index (χ4v) is 3.80. The molecule has 1 N–H and O–H groups in total. The minimum absolute atomic E-state index is 0.0703. The van der Waals surface area contributed by atoms with Crippen LogP contribution in [0.2, 0.25) is 0 Å². The Hall–Kier alpha value is -1.72. The molecule has 5 heteroatoms. The number of aromatic nitrogens is 1. The minimum Gasteiger partial charge on any atom is -0.480 e. The SMILES string of the molecule is Cc1cnccc1C(c1cccc(Br)c1)N1CCCC1C(=O)O. The molecule has 1 fully saturated rings. The monoisotopic (exact) mass is 374 g/mol. The van der Waals surface area contributed by atoms with Gasteiger partial charge in [0.25, 0.3) is 0 Å². The summed E-state index contributed by atoms with van der Waals surface area (Å²) in [7, 11) is 0. The van der Waals surface area contributed by atoms with Crippen LogP contribution >= 0.6 is 15.9 Å². The maximum atomic E-state index is 11.7. The molecule has 23 heavy (non-hydrogen) atoms. The largest absolute Gasteiger partial charge is 0.480 e. The van der Waals surface area contributed by atoms with Crippen LogP contribution < -0.4 is 0 Å². The maximum absolute atomic E-state index is 11.7. The lowest BCUT2D eigenvalue weighted by Gasteiger charge is -2.33. The molecule has 1 aliphatic heterocycles. The maximum Gasteiger partial charge on any atom is 0.320 e. The number of carboxylic acids is 1. The van der Waals surface area contributed by atoms with Crippen molar-refractivity contribution in [2.45, 2.75) is 31.8 Å². The van der Waals surface area contributed by atoms with Gasteiger partial charge in [0.2, 0.25) is 0 Å². The smallest absolute Gasteiger partial charge is 0.320 e. The Morgan fingerprint density at radius 1 is 1.43 bits per heavy atom. The Bertz CT molecular complexity index is 720. The van der Waals surface area contributed by atoms with Gasteiger partial charge >= 0.3 is 5.97 Å². The molecule has 0 amide bonds. The fourth-order valence-electron chi connectivity index (χ4n) is 3.38. The van der Waals surface area contributed by atoms with Crippen LogP contribution in [-0.4, -0.2) is 33.5 Å². The molecule has 1 aromatic heterocycles. The van der Waals surface area contributed by atoms with E-state index in [1.807, 2.05) is 31.3 Å². The number of carbonyl (C=O) groups is 1. The number of aliphatic carboxylic acids is 1. The van der Waals surface area contributed by atoms with Crippen LogP contribution in [0.15, 0.2) is 47.2 Å². The van der Waals surface area contributed by atoms with Crippen LogP contribution in [0.5, 0.6) is 0 Å². The molecule has 0 saturated carbocycles.